The van der Waals surface area contributed by atoms with Crippen molar-refractivity contribution in [3.05, 3.63) is 45.9 Å². The van der Waals surface area contributed by atoms with Crippen molar-refractivity contribution in [3.8, 4) is 0 Å². The summed E-state index contributed by atoms with van der Waals surface area (Å²) in [4.78, 5) is 23.4. The molecule has 0 aliphatic heterocycles. The topological polar surface area (TPSA) is 103 Å². The molecule has 0 fully saturated rings. The Morgan fingerprint density at radius 2 is 2.23 bits per heavy atom. The van der Waals surface area contributed by atoms with Crippen LogP contribution in [0, 0.1) is 6.92 Å². The fourth-order valence-electron chi connectivity index (χ4n) is 1.94. The minimum Gasteiger partial charge on any atom is -0.334 e. The average molecular weight is 319 g/mol. The van der Waals surface area contributed by atoms with Crippen LogP contribution in [0.4, 0.5) is 5.69 Å². The molecule has 0 saturated heterocycles. The molecule has 1 aromatic heterocycles. The number of nitrogens with two attached hydrogens (primary N) is 1. The number of aryl methyl sites for hydroxylation is 2. The molecule has 2 aromatic rings. The summed E-state index contributed by atoms with van der Waals surface area (Å²) in [6.45, 7) is 3.98. The molecule has 2 rings (SSSR count). The molecule has 0 atom stereocenters. The summed E-state index contributed by atoms with van der Waals surface area (Å²) in [5.41, 5.74) is 2.45. The minimum absolute atomic E-state index is 0.0901. The number of hydrogen-bond donors (Lipinski definition) is 2. The summed E-state index contributed by atoms with van der Waals surface area (Å²) in [6.07, 6.45) is 1.85. The van der Waals surface area contributed by atoms with Crippen molar-refractivity contribution < 1.29 is 4.79 Å². The lowest BCUT2D eigenvalue weighted by Crippen LogP contribution is -2.30. The first-order valence-corrected chi connectivity index (χ1v) is 7.72. The maximum absolute atomic E-state index is 12.1. The Kier molecular flexibility index (Phi) is 5.16. The lowest BCUT2D eigenvalue weighted by atomic mass is 10.1. The van der Waals surface area contributed by atoms with Crippen molar-refractivity contribution in [2.75, 3.05) is 16.9 Å². The third-order valence-electron chi connectivity index (χ3n) is 3.09. The van der Waals surface area contributed by atoms with Crippen LogP contribution in [-0.4, -0.2) is 26.5 Å². The number of aromatic nitrogens is 3. The summed E-state index contributed by atoms with van der Waals surface area (Å²) in [5.74, 6) is 5.44. The molecule has 0 spiro atoms. The van der Waals surface area contributed by atoms with Crippen molar-refractivity contribution in [1.29, 1.82) is 0 Å². The maximum atomic E-state index is 12.1. The van der Waals surface area contributed by atoms with Gasteiger partial charge in [-0.3, -0.25) is 9.59 Å². The molecule has 8 heteroatoms. The summed E-state index contributed by atoms with van der Waals surface area (Å²) in [7, 11) is 0. The molecule has 3 N–H and O–H groups in total. The average Bonchev–Trinajstić information content (AvgIpc) is 2.50. The second kappa shape index (κ2) is 7.08. The van der Waals surface area contributed by atoms with E-state index in [1.54, 1.807) is 0 Å². The zero-order valence-electron chi connectivity index (χ0n) is 12.4. The van der Waals surface area contributed by atoms with Crippen LogP contribution in [0.5, 0.6) is 0 Å². The Labute approximate surface area is 131 Å². The molecule has 0 saturated carbocycles. The molecule has 1 aromatic carbocycles. The molecular formula is C14H17N5O2S. The molecule has 1 amide bonds. The van der Waals surface area contributed by atoms with Gasteiger partial charge in [0.2, 0.25) is 11.1 Å². The second-order valence-electron chi connectivity index (χ2n) is 4.63. The van der Waals surface area contributed by atoms with Crippen molar-refractivity contribution in [3.63, 3.8) is 0 Å². The van der Waals surface area contributed by atoms with E-state index in [2.05, 4.69) is 15.5 Å². The van der Waals surface area contributed by atoms with E-state index < -0.39 is 5.56 Å². The van der Waals surface area contributed by atoms with Gasteiger partial charge in [0.05, 0.1) is 5.75 Å². The van der Waals surface area contributed by atoms with Gasteiger partial charge in [-0.05, 0) is 24.5 Å². The van der Waals surface area contributed by atoms with Gasteiger partial charge in [0.1, 0.15) is 6.20 Å². The van der Waals surface area contributed by atoms with E-state index in [-0.39, 0.29) is 16.8 Å². The largest absolute Gasteiger partial charge is 0.334 e. The van der Waals surface area contributed by atoms with Crippen LogP contribution in [-0.2, 0) is 11.2 Å². The van der Waals surface area contributed by atoms with Crippen LogP contribution in [0.2, 0.25) is 0 Å². The van der Waals surface area contributed by atoms with Crippen LogP contribution in [0.15, 0.2) is 34.3 Å². The number of nitrogen functional groups attached to an aromatic ring is 1. The standard InChI is InChI=1S/C14H17N5O2S/c1-3-10-6-4-5-9(2)13(10)17-11(20)8-22-14-18-16-7-12(21)19(14)15/h4-7H,3,8,15H2,1-2H3,(H,17,20). The molecule has 0 unspecified atom stereocenters. The van der Waals surface area contributed by atoms with E-state index in [0.29, 0.717) is 0 Å². The number of anilines is 1. The predicted molar refractivity (Wildman–Crippen MR) is 86.4 cm³/mol. The first-order chi connectivity index (χ1) is 10.5. The quantitative estimate of drug-likeness (QED) is 0.628. The van der Waals surface area contributed by atoms with Gasteiger partial charge in [-0.2, -0.15) is 9.77 Å². The lowest BCUT2D eigenvalue weighted by molar-refractivity contribution is -0.113. The Morgan fingerprint density at radius 3 is 2.95 bits per heavy atom. The summed E-state index contributed by atoms with van der Waals surface area (Å²) < 4.78 is 0.871. The molecule has 1 heterocycles. The number of rotatable bonds is 5. The number of carbonyl (C=O) groups is 1. The smallest absolute Gasteiger partial charge is 0.291 e. The molecule has 7 nitrogen and oxygen atoms in total. The van der Waals surface area contributed by atoms with Crippen LogP contribution in [0.3, 0.4) is 0 Å². The first kappa shape index (κ1) is 16.0. The van der Waals surface area contributed by atoms with Crippen molar-refractivity contribution >= 4 is 23.4 Å². The number of nitrogens with one attached hydrogen (secondary N) is 1. The number of hydrogen-bond acceptors (Lipinski definition) is 6. The summed E-state index contributed by atoms with van der Waals surface area (Å²) in [6, 6.07) is 5.89. The molecule has 0 aliphatic carbocycles. The molecule has 0 radical (unpaired) electrons. The fraction of sp³-hybridized carbons (Fsp3) is 0.286. The van der Waals surface area contributed by atoms with E-state index in [9.17, 15) is 9.59 Å². The number of carbonyl (C=O) groups excluding carboxylic acids is 1. The van der Waals surface area contributed by atoms with Crippen molar-refractivity contribution in [1.82, 2.24) is 14.9 Å². The summed E-state index contributed by atoms with van der Waals surface area (Å²) in [5, 5.41) is 10.4. The predicted octanol–water partition coefficient (Wildman–Crippen LogP) is 0.954. The number of nitrogens with zero attached hydrogens (tertiary/aromatic N) is 3. The van der Waals surface area contributed by atoms with Crippen LogP contribution in [0.25, 0.3) is 0 Å². The highest BCUT2D eigenvalue weighted by atomic mass is 32.2. The summed E-state index contributed by atoms with van der Waals surface area (Å²) >= 11 is 1.06. The van der Waals surface area contributed by atoms with E-state index >= 15 is 0 Å². The Bertz CT molecular complexity index is 744. The van der Waals surface area contributed by atoms with Gasteiger partial charge in [-0.15, -0.1) is 5.10 Å². The van der Waals surface area contributed by atoms with Crippen LogP contribution >= 0.6 is 11.8 Å². The van der Waals surface area contributed by atoms with Gasteiger partial charge in [0.15, 0.2) is 0 Å². The van der Waals surface area contributed by atoms with Gasteiger partial charge < -0.3 is 11.2 Å². The monoisotopic (exact) mass is 319 g/mol. The lowest BCUT2D eigenvalue weighted by Gasteiger charge is -2.12. The number of benzene rings is 1. The molecular weight excluding hydrogens is 302 g/mol. The third kappa shape index (κ3) is 3.64. The van der Waals surface area contributed by atoms with Crippen LogP contribution in [0.1, 0.15) is 18.1 Å². The highest BCUT2D eigenvalue weighted by Crippen LogP contribution is 2.21. The Morgan fingerprint density at radius 1 is 1.45 bits per heavy atom. The Balaban J connectivity index is 2.05. The maximum Gasteiger partial charge on any atom is 0.291 e. The van der Waals surface area contributed by atoms with Crippen molar-refractivity contribution in [2.45, 2.75) is 25.4 Å². The SMILES string of the molecule is CCc1cccc(C)c1NC(=O)CSc1nncc(=O)n1N. The number of thioether (sulfide) groups is 1. The zero-order chi connectivity index (χ0) is 16.1. The molecule has 0 aliphatic rings. The molecule has 0 bridgehead atoms. The second-order valence-corrected chi connectivity index (χ2v) is 5.58. The molecule has 116 valence electrons. The first-order valence-electron chi connectivity index (χ1n) is 6.74. The molecule has 22 heavy (non-hydrogen) atoms. The van der Waals surface area contributed by atoms with Crippen LogP contribution < -0.4 is 16.7 Å². The minimum atomic E-state index is -0.468. The number of para-hydroxylation sites is 1. The van der Waals surface area contributed by atoms with E-state index in [1.165, 1.54) is 0 Å². The van der Waals surface area contributed by atoms with Gasteiger partial charge in [0, 0.05) is 5.69 Å². The number of amides is 1. The van der Waals surface area contributed by atoms with Gasteiger partial charge in [-0.1, -0.05) is 36.9 Å². The van der Waals surface area contributed by atoms with Gasteiger partial charge in [-0.25, -0.2) is 0 Å². The highest BCUT2D eigenvalue weighted by molar-refractivity contribution is 7.99. The zero-order valence-corrected chi connectivity index (χ0v) is 13.2. The van der Waals surface area contributed by atoms with Crippen molar-refractivity contribution in [2.24, 2.45) is 0 Å². The van der Waals surface area contributed by atoms with Gasteiger partial charge >= 0.3 is 0 Å². The van der Waals surface area contributed by atoms with E-state index in [4.69, 9.17) is 5.84 Å². The van der Waals surface area contributed by atoms with E-state index in [1.807, 2.05) is 32.0 Å². The van der Waals surface area contributed by atoms with E-state index in [0.717, 1.165) is 45.9 Å². The fourth-order valence-corrected chi connectivity index (χ4v) is 2.60. The normalized spacial score (nSPS) is 10.5. The Hall–Kier alpha value is -2.35. The van der Waals surface area contributed by atoms with Gasteiger partial charge in [0.25, 0.3) is 5.56 Å². The third-order valence-corrected chi connectivity index (χ3v) is 4.03. The highest BCUT2D eigenvalue weighted by Gasteiger charge is 2.11.